The lowest BCUT2D eigenvalue weighted by molar-refractivity contribution is -0.139. The van der Waals surface area contributed by atoms with Gasteiger partial charge in [0.1, 0.15) is 6.04 Å². The molecular formula is C12H25NO5S. The topological polar surface area (TPSA) is 92.7 Å². The second-order valence-electron chi connectivity index (χ2n) is 5.18. The van der Waals surface area contributed by atoms with Gasteiger partial charge in [0, 0.05) is 6.61 Å². The number of carbonyl (C=O) groups is 1. The van der Waals surface area contributed by atoms with Gasteiger partial charge in [-0.15, -0.1) is 0 Å². The Morgan fingerprint density at radius 2 is 1.89 bits per heavy atom. The molecule has 0 aromatic heterocycles. The molecule has 0 rings (SSSR count). The zero-order valence-electron chi connectivity index (χ0n) is 12.0. The van der Waals surface area contributed by atoms with E-state index in [9.17, 15) is 13.2 Å². The predicted octanol–water partition coefficient (Wildman–Crippen LogP) is 1.08. The van der Waals surface area contributed by atoms with Gasteiger partial charge < -0.3 is 9.84 Å². The number of carboxylic acids is 1. The number of ether oxygens (including phenoxy) is 1. The van der Waals surface area contributed by atoms with E-state index >= 15 is 0 Å². The predicted molar refractivity (Wildman–Crippen MR) is 73.5 cm³/mol. The molecule has 7 heteroatoms. The number of hydrogen-bond donors (Lipinski definition) is 2. The standard InChI is InChI=1S/C12H25NO5S/c1-5-18-7-10(4)8-19(16,17)13-11(12(14)15)6-9(2)3/h9-11,13H,5-8H2,1-4H3,(H,14,15). The van der Waals surface area contributed by atoms with Crippen LogP contribution in [-0.2, 0) is 19.6 Å². The van der Waals surface area contributed by atoms with Gasteiger partial charge in [-0.3, -0.25) is 4.79 Å². The number of rotatable bonds is 10. The molecule has 0 saturated heterocycles. The van der Waals surface area contributed by atoms with Crippen LogP contribution in [0.4, 0.5) is 0 Å². The van der Waals surface area contributed by atoms with Crippen molar-refractivity contribution in [1.29, 1.82) is 0 Å². The highest BCUT2D eigenvalue weighted by atomic mass is 32.2. The lowest BCUT2D eigenvalue weighted by atomic mass is 10.1. The van der Waals surface area contributed by atoms with Crippen molar-refractivity contribution in [3.8, 4) is 0 Å². The molecule has 0 bridgehead atoms. The number of aliphatic carboxylic acids is 1. The average molecular weight is 295 g/mol. The van der Waals surface area contributed by atoms with Gasteiger partial charge in [-0.05, 0) is 25.2 Å². The monoisotopic (exact) mass is 295 g/mol. The van der Waals surface area contributed by atoms with E-state index in [4.69, 9.17) is 9.84 Å². The fourth-order valence-corrected chi connectivity index (χ4v) is 3.25. The summed E-state index contributed by atoms with van der Waals surface area (Å²) < 4.78 is 31.1. The van der Waals surface area contributed by atoms with Crippen LogP contribution < -0.4 is 4.72 Å². The van der Waals surface area contributed by atoms with E-state index < -0.39 is 22.0 Å². The zero-order chi connectivity index (χ0) is 15.1. The second-order valence-corrected chi connectivity index (χ2v) is 6.98. The molecule has 6 nitrogen and oxygen atoms in total. The Labute approximate surface area is 115 Å². The summed E-state index contributed by atoms with van der Waals surface area (Å²) in [5.74, 6) is -1.35. The lowest BCUT2D eigenvalue weighted by Crippen LogP contribution is -2.43. The van der Waals surface area contributed by atoms with Crippen LogP contribution in [0, 0.1) is 11.8 Å². The van der Waals surface area contributed by atoms with Gasteiger partial charge in [-0.1, -0.05) is 20.8 Å². The van der Waals surface area contributed by atoms with Gasteiger partial charge in [0.15, 0.2) is 0 Å². The molecule has 0 aromatic carbocycles. The van der Waals surface area contributed by atoms with Crippen LogP contribution in [0.3, 0.4) is 0 Å². The molecule has 0 heterocycles. The third-order valence-electron chi connectivity index (χ3n) is 2.44. The van der Waals surface area contributed by atoms with Gasteiger partial charge in [0.25, 0.3) is 0 Å². The molecule has 114 valence electrons. The van der Waals surface area contributed by atoms with E-state index in [1.165, 1.54) is 0 Å². The highest BCUT2D eigenvalue weighted by Gasteiger charge is 2.26. The smallest absolute Gasteiger partial charge is 0.321 e. The van der Waals surface area contributed by atoms with Gasteiger partial charge in [0.05, 0.1) is 12.4 Å². The Kier molecular flexibility index (Phi) is 8.20. The number of sulfonamides is 1. The molecule has 2 unspecified atom stereocenters. The molecule has 0 aliphatic heterocycles. The third-order valence-corrected chi connectivity index (χ3v) is 4.09. The minimum Gasteiger partial charge on any atom is -0.480 e. The summed E-state index contributed by atoms with van der Waals surface area (Å²) in [5.41, 5.74) is 0. The van der Waals surface area contributed by atoms with Crippen molar-refractivity contribution in [3.63, 3.8) is 0 Å². The van der Waals surface area contributed by atoms with Crippen LogP contribution in [0.2, 0.25) is 0 Å². The number of carboxylic acid groups (broad SMARTS) is 1. The van der Waals surface area contributed by atoms with Gasteiger partial charge >= 0.3 is 5.97 Å². The molecule has 0 aliphatic carbocycles. The van der Waals surface area contributed by atoms with E-state index in [2.05, 4.69) is 4.72 Å². The van der Waals surface area contributed by atoms with Crippen molar-refractivity contribution < 1.29 is 23.1 Å². The quantitative estimate of drug-likeness (QED) is 0.629. The van der Waals surface area contributed by atoms with Gasteiger partial charge in [0.2, 0.25) is 10.0 Å². The summed E-state index contributed by atoms with van der Waals surface area (Å²) >= 11 is 0. The Hall–Kier alpha value is -0.660. The largest absolute Gasteiger partial charge is 0.480 e. The number of nitrogens with one attached hydrogen (secondary N) is 1. The molecule has 0 saturated carbocycles. The van der Waals surface area contributed by atoms with Crippen LogP contribution in [0.1, 0.15) is 34.1 Å². The maximum atomic E-state index is 11.9. The van der Waals surface area contributed by atoms with E-state index in [-0.39, 0.29) is 24.0 Å². The normalized spacial score (nSPS) is 15.4. The molecule has 0 aromatic rings. The van der Waals surface area contributed by atoms with Crippen LogP contribution in [0.5, 0.6) is 0 Å². The van der Waals surface area contributed by atoms with E-state index in [0.717, 1.165) is 0 Å². The van der Waals surface area contributed by atoms with Crippen molar-refractivity contribution in [2.45, 2.75) is 40.2 Å². The summed E-state index contributed by atoms with van der Waals surface area (Å²) in [4.78, 5) is 11.0. The summed E-state index contributed by atoms with van der Waals surface area (Å²) in [6.07, 6.45) is 0.272. The third kappa shape index (κ3) is 8.96. The molecule has 0 radical (unpaired) electrons. The Morgan fingerprint density at radius 1 is 1.32 bits per heavy atom. The minimum absolute atomic E-state index is 0.102. The summed E-state index contributed by atoms with van der Waals surface area (Å²) in [6, 6.07) is -1.07. The molecule has 0 fully saturated rings. The maximum Gasteiger partial charge on any atom is 0.321 e. The maximum absolute atomic E-state index is 11.9. The first-order valence-electron chi connectivity index (χ1n) is 6.48. The molecule has 2 atom stereocenters. The van der Waals surface area contributed by atoms with E-state index in [1.54, 1.807) is 6.92 Å². The Bertz CT molecular complexity index is 366. The SMILES string of the molecule is CCOCC(C)CS(=O)(=O)NC(CC(C)C)C(=O)O. The second kappa shape index (κ2) is 8.50. The highest BCUT2D eigenvalue weighted by molar-refractivity contribution is 7.89. The van der Waals surface area contributed by atoms with Crippen molar-refractivity contribution in [2.75, 3.05) is 19.0 Å². The van der Waals surface area contributed by atoms with Gasteiger partial charge in [-0.2, -0.15) is 0 Å². The van der Waals surface area contributed by atoms with E-state index in [1.807, 2.05) is 20.8 Å². The molecular weight excluding hydrogens is 270 g/mol. The van der Waals surface area contributed by atoms with Crippen LogP contribution >= 0.6 is 0 Å². The van der Waals surface area contributed by atoms with Gasteiger partial charge in [-0.25, -0.2) is 13.1 Å². The molecule has 0 spiro atoms. The minimum atomic E-state index is -3.61. The average Bonchev–Trinajstić information content (AvgIpc) is 2.23. The summed E-state index contributed by atoms with van der Waals surface area (Å²) in [6.45, 7) is 8.17. The molecule has 0 aliphatic rings. The summed E-state index contributed by atoms with van der Waals surface area (Å²) in [5, 5.41) is 9.01. The Morgan fingerprint density at radius 3 is 2.32 bits per heavy atom. The van der Waals surface area contributed by atoms with Crippen molar-refractivity contribution >= 4 is 16.0 Å². The first-order valence-corrected chi connectivity index (χ1v) is 8.13. The van der Waals surface area contributed by atoms with Crippen LogP contribution in [0.15, 0.2) is 0 Å². The van der Waals surface area contributed by atoms with Crippen LogP contribution in [0.25, 0.3) is 0 Å². The first kappa shape index (κ1) is 18.3. The lowest BCUT2D eigenvalue weighted by Gasteiger charge is -2.18. The number of hydrogen-bond acceptors (Lipinski definition) is 4. The Balaban J connectivity index is 4.50. The van der Waals surface area contributed by atoms with Crippen molar-refractivity contribution in [2.24, 2.45) is 11.8 Å². The summed E-state index contributed by atoms with van der Waals surface area (Å²) in [7, 11) is -3.61. The van der Waals surface area contributed by atoms with Crippen molar-refractivity contribution in [1.82, 2.24) is 4.72 Å². The van der Waals surface area contributed by atoms with Crippen molar-refractivity contribution in [3.05, 3.63) is 0 Å². The molecule has 0 amide bonds. The zero-order valence-corrected chi connectivity index (χ0v) is 12.9. The van der Waals surface area contributed by atoms with Crippen LogP contribution in [-0.4, -0.2) is 44.5 Å². The molecule has 19 heavy (non-hydrogen) atoms. The fourth-order valence-electron chi connectivity index (χ4n) is 1.68. The first-order chi connectivity index (χ1) is 8.68. The fraction of sp³-hybridized carbons (Fsp3) is 0.917. The molecule has 2 N–H and O–H groups in total. The highest BCUT2D eigenvalue weighted by Crippen LogP contribution is 2.08. The van der Waals surface area contributed by atoms with E-state index in [0.29, 0.717) is 13.2 Å².